The summed E-state index contributed by atoms with van der Waals surface area (Å²) in [5.41, 5.74) is 5.67. The predicted octanol–water partition coefficient (Wildman–Crippen LogP) is 0.675. The molecule has 1 aliphatic heterocycles. The molecule has 0 amide bonds. The van der Waals surface area contributed by atoms with Crippen molar-refractivity contribution in [3.63, 3.8) is 0 Å². The van der Waals surface area contributed by atoms with Crippen molar-refractivity contribution in [2.75, 3.05) is 20.1 Å². The van der Waals surface area contributed by atoms with Gasteiger partial charge in [-0.3, -0.25) is 0 Å². The van der Waals surface area contributed by atoms with Crippen molar-refractivity contribution in [3.05, 3.63) is 0 Å². The van der Waals surface area contributed by atoms with Crippen molar-refractivity contribution in [1.29, 1.82) is 0 Å². The third kappa shape index (κ3) is 1.42. The smallest absolute Gasteiger partial charge is 0.0218 e. The average Bonchev–Trinajstić information content (AvgIpc) is 2.76. The summed E-state index contributed by atoms with van der Waals surface area (Å²) in [5, 5.41) is 0. The second-order valence-corrected chi connectivity index (χ2v) is 4.16. The molecule has 2 N–H and O–H groups in total. The second-order valence-electron chi connectivity index (χ2n) is 4.16. The first kappa shape index (κ1) is 7.56. The molecule has 1 saturated carbocycles. The van der Waals surface area contributed by atoms with E-state index in [0.717, 1.165) is 18.4 Å². The quantitative estimate of drug-likeness (QED) is 0.633. The molecule has 11 heavy (non-hydrogen) atoms. The van der Waals surface area contributed by atoms with Crippen LogP contribution < -0.4 is 5.73 Å². The van der Waals surface area contributed by atoms with Gasteiger partial charge in [0, 0.05) is 19.1 Å². The van der Waals surface area contributed by atoms with Gasteiger partial charge >= 0.3 is 0 Å². The van der Waals surface area contributed by atoms with E-state index < -0.39 is 0 Å². The van der Waals surface area contributed by atoms with E-state index in [1.807, 2.05) is 0 Å². The van der Waals surface area contributed by atoms with E-state index in [-0.39, 0.29) is 0 Å². The zero-order chi connectivity index (χ0) is 7.84. The minimum Gasteiger partial charge on any atom is -0.329 e. The summed E-state index contributed by atoms with van der Waals surface area (Å²) in [4.78, 5) is 2.43. The zero-order valence-corrected chi connectivity index (χ0v) is 7.29. The van der Waals surface area contributed by atoms with Crippen LogP contribution in [-0.4, -0.2) is 31.1 Å². The Labute approximate surface area is 68.7 Å². The standard InChI is InChI=1S/C9H18N2/c1-11-6-8(7-2-3-7)4-9(11)5-10/h7-9H,2-6,10H2,1H3. The molecule has 1 saturated heterocycles. The fourth-order valence-electron chi connectivity index (χ4n) is 2.31. The van der Waals surface area contributed by atoms with Crippen LogP contribution in [0.15, 0.2) is 0 Å². The van der Waals surface area contributed by atoms with Crippen molar-refractivity contribution < 1.29 is 0 Å². The number of rotatable bonds is 2. The topological polar surface area (TPSA) is 29.3 Å². The van der Waals surface area contributed by atoms with E-state index in [0.29, 0.717) is 6.04 Å². The lowest BCUT2D eigenvalue weighted by Gasteiger charge is -2.15. The van der Waals surface area contributed by atoms with Gasteiger partial charge in [0.2, 0.25) is 0 Å². The van der Waals surface area contributed by atoms with Crippen LogP contribution in [-0.2, 0) is 0 Å². The molecular formula is C9H18N2. The van der Waals surface area contributed by atoms with E-state index >= 15 is 0 Å². The molecule has 2 aliphatic rings. The molecule has 0 aromatic carbocycles. The highest BCUT2D eigenvalue weighted by atomic mass is 15.2. The third-order valence-electron chi connectivity index (χ3n) is 3.28. The lowest BCUT2D eigenvalue weighted by molar-refractivity contribution is 0.311. The van der Waals surface area contributed by atoms with Crippen LogP contribution >= 0.6 is 0 Å². The Hall–Kier alpha value is -0.0800. The Morgan fingerprint density at radius 1 is 1.36 bits per heavy atom. The monoisotopic (exact) mass is 154 g/mol. The summed E-state index contributed by atoms with van der Waals surface area (Å²) >= 11 is 0. The number of hydrogen-bond donors (Lipinski definition) is 1. The molecule has 2 unspecified atom stereocenters. The van der Waals surface area contributed by atoms with E-state index in [2.05, 4.69) is 11.9 Å². The molecule has 1 aliphatic carbocycles. The number of likely N-dealkylation sites (tertiary alicyclic amines) is 1. The van der Waals surface area contributed by atoms with Gasteiger partial charge in [0.25, 0.3) is 0 Å². The molecule has 64 valence electrons. The van der Waals surface area contributed by atoms with Gasteiger partial charge in [0.15, 0.2) is 0 Å². The average molecular weight is 154 g/mol. The van der Waals surface area contributed by atoms with Crippen LogP contribution in [0.2, 0.25) is 0 Å². The minimum atomic E-state index is 0.681. The van der Waals surface area contributed by atoms with Crippen LogP contribution in [0.4, 0.5) is 0 Å². The third-order valence-corrected chi connectivity index (χ3v) is 3.28. The van der Waals surface area contributed by atoms with Gasteiger partial charge in [-0.25, -0.2) is 0 Å². The van der Waals surface area contributed by atoms with Crippen molar-refractivity contribution in [2.45, 2.75) is 25.3 Å². The molecule has 2 heteroatoms. The molecule has 0 aromatic rings. The SMILES string of the molecule is CN1CC(C2CC2)CC1CN. The maximum Gasteiger partial charge on any atom is 0.0218 e. The van der Waals surface area contributed by atoms with E-state index in [1.165, 1.54) is 25.8 Å². The first-order valence-corrected chi connectivity index (χ1v) is 4.71. The van der Waals surface area contributed by atoms with Crippen LogP contribution in [0.5, 0.6) is 0 Å². The Morgan fingerprint density at radius 2 is 2.09 bits per heavy atom. The van der Waals surface area contributed by atoms with Crippen LogP contribution in [0, 0.1) is 11.8 Å². The zero-order valence-electron chi connectivity index (χ0n) is 7.29. The first-order valence-electron chi connectivity index (χ1n) is 4.71. The Balaban J connectivity index is 1.89. The minimum absolute atomic E-state index is 0.681. The largest absolute Gasteiger partial charge is 0.329 e. The molecule has 0 aromatic heterocycles. The van der Waals surface area contributed by atoms with Crippen molar-refractivity contribution >= 4 is 0 Å². The van der Waals surface area contributed by atoms with Crippen molar-refractivity contribution in [2.24, 2.45) is 17.6 Å². The normalized spacial score (nSPS) is 39.8. The highest BCUT2D eigenvalue weighted by Gasteiger charge is 2.38. The lowest BCUT2D eigenvalue weighted by atomic mass is 10.0. The molecule has 1 heterocycles. The fraction of sp³-hybridized carbons (Fsp3) is 1.00. The van der Waals surface area contributed by atoms with Gasteiger partial charge < -0.3 is 10.6 Å². The number of hydrogen-bond acceptors (Lipinski definition) is 2. The Bertz CT molecular complexity index is 142. The number of nitrogens with two attached hydrogens (primary N) is 1. The molecule has 2 nitrogen and oxygen atoms in total. The summed E-state index contributed by atoms with van der Waals surface area (Å²) in [6, 6.07) is 0.681. The molecule has 2 rings (SSSR count). The summed E-state index contributed by atoms with van der Waals surface area (Å²) < 4.78 is 0. The molecule has 0 spiro atoms. The van der Waals surface area contributed by atoms with Gasteiger partial charge in [-0.15, -0.1) is 0 Å². The van der Waals surface area contributed by atoms with E-state index in [9.17, 15) is 0 Å². The second kappa shape index (κ2) is 2.76. The van der Waals surface area contributed by atoms with Gasteiger partial charge in [0.05, 0.1) is 0 Å². The highest BCUT2D eigenvalue weighted by molar-refractivity contribution is 4.91. The van der Waals surface area contributed by atoms with Gasteiger partial charge in [-0.05, 0) is 38.1 Å². The molecule has 2 fully saturated rings. The van der Waals surface area contributed by atoms with Gasteiger partial charge in [0.1, 0.15) is 0 Å². The van der Waals surface area contributed by atoms with E-state index in [4.69, 9.17) is 5.73 Å². The van der Waals surface area contributed by atoms with Crippen LogP contribution in [0.3, 0.4) is 0 Å². The number of nitrogens with zero attached hydrogens (tertiary/aromatic N) is 1. The predicted molar refractivity (Wildman–Crippen MR) is 46.3 cm³/mol. The highest BCUT2D eigenvalue weighted by Crippen LogP contribution is 2.42. The lowest BCUT2D eigenvalue weighted by Crippen LogP contribution is -2.31. The summed E-state index contributed by atoms with van der Waals surface area (Å²) in [6.45, 7) is 2.15. The fourth-order valence-corrected chi connectivity index (χ4v) is 2.31. The Kier molecular flexibility index (Phi) is 1.90. The van der Waals surface area contributed by atoms with Crippen LogP contribution in [0.25, 0.3) is 0 Å². The molecule has 2 atom stereocenters. The van der Waals surface area contributed by atoms with E-state index in [1.54, 1.807) is 0 Å². The number of likely N-dealkylation sites (N-methyl/N-ethyl adjacent to an activating group) is 1. The maximum absolute atomic E-state index is 5.67. The summed E-state index contributed by atoms with van der Waals surface area (Å²) in [6.07, 6.45) is 4.32. The van der Waals surface area contributed by atoms with Gasteiger partial charge in [-0.1, -0.05) is 0 Å². The summed E-state index contributed by atoms with van der Waals surface area (Å²) in [5.74, 6) is 2.04. The first-order chi connectivity index (χ1) is 5.31. The van der Waals surface area contributed by atoms with Crippen molar-refractivity contribution in [3.8, 4) is 0 Å². The molecule has 0 radical (unpaired) electrons. The Morgan fingerprint density at radius 3 is 2.55 bits per heavy atom. The molecular weight excluding hydrogens is 136 g/mol. The maximum atomic E-state index is 5.67. The molecule has 0 bridgehead atoms. The summed E-state index contributed by atoms with van der Waals surface area (Å²) in [7, 11) is 2.21. The van der Waals surface area contributed by atoms with Gasteiger partial charge in [-0.2, -0.15) is 0 Å². The van der Waals surface area contributed by atoms with Crippen LogP contribution in [0.1, 0.15) is 19.3 Å². The van der Waals surface area contributed by atoms with Crippen molar-refractivity contribution in [1.82, 2.24) is 4.90 Å².